The minimum absolute atomic E-state index is 0.0433. The third-order valence-electron chi connectivity index (χ3n) is 3.39. The average molecular weight is 352 g/mol. The number of rotatable bonds is 4. The van der Waals surface area contributed by atoms with Crippen LogP contribution in [0.25, 0.3) is 6.08 Å². The van der Waals surface area contributed by atoms with Crippen molar-refractivity contribution in [2.75, 3.05) is 0 Å². The molecule has 1 aliphatic heterocycles. The molecule has 1 aliphatic rings. The number of nitro groups is 1. The third-order valence-corrected chi connectivity index (χ3v) is 3.39. The van der Waals surface area contributed by atoms with Crippen molar-refractivity contribution in [2.24, 2.45) is 4.99 Å². The lowest BCUT2D eigenvalue weighted by atomic mass is 10.2. The number of nitrogens with zero attached hydrogens (tertiary/aromatic N) is 2. The zero-order chi connectivity index (χ0) is 18.7. The Morgan fingerprint density at radius 2 is 1.81 bits per heavy atom. The molecule has 0 atom stereocenters. The smallest absolute Gasteiger partial charge is 0.363 e. The summed E-state index contributed by atoms with van der Waals surface area (Å²) in [6.07, 6.45) is 1.48. The van der Waals surface area contributed by atoms with Crippen molar-refractivity contribution >= 4 is 29.6 Å². The normalized spacial score (nSPS) is 14.7. The molecule has 0 aliphatic carbocycles. The summed E-state index contributed by atoms with van der Waals surface area (Å²) in [6.45, 7) is 1.30. The van der Waals surface area contributed by atoms with Crippen LogP contribution in [0.2, 0.25) is 0 Å². The van der Waals surface area contributed by atoms with E-state index in [9.17, 15) is 19.7 Å². The fourth-order valence-electron chi connectivity index (χ4n) is 2.21. The number of non-ortho nitro benzene ring substituents is 1. The van der Waals surface area contributed by atoms with E-state index in [1.54, 1.807) is 24.3 Å². The Balaban J connectivity index is 1.82. The number of ether oxygens (including phenoxy) is 2. The predicted octanol–water partition coefficient (Wildman–Crippen LogP) is 2.86. The highest BCUT2D eigenvalue weighted by Crippen LogP contribution is 2.22. The minimum Gasteiger partial charge on any atom is -0.427 e. The summed E-state index contributed by atoms with van der Waals surface area (Å²) in [5.74, 6) is -0.566. The maximum atomic E-state index is 12.0. The lowest BCUT2D eigenvalue weighted by Crippen LogP contribution is -2.06. The van der Waals surface area contributed by atoms with Gasteiger partial charge < -0.3 is 9.47 Å². The van der Waals surface area contributed by atoms with Gasteiger partial charge in [0.2, 0.25) is 5.90 Å². The fourth-order valence-corrected chi connectivity index (χ4v) is 2.21. The molecule has 2 aromatic rings. The van der Waals surface area contributed by atoms with Gasteiger partial charge in [-0.15, -0.1) is 0 Å². The molecule has 0 aromatic heterocycles. The molecule has 0 saturated carbocycles. The third kappa shape index (κ3) is 3.81. The maximum absolute atomic E-state index is 12.0. The molecular formula is C18H12N2O6. The van der Waals surface area contributed by atoms with Gasteiger partial charge in [-0.05, 0) is 48.0 Å². The van der Waals surface area contributed by atoms with E-state index < -0.39 is 16.9 Å². The summed E-state index contributed by atoms with van der Waals surface area (Å²) in [5, 5.41) is 10.7. The molecule has 0 saturated heterocycles. The van der Waals surface area contributed by atoms with Crippen molar-refractivity contribution in [3.8, 4) is 5.75 Å². The van der Waals surface area contributed by atoms with E-state index >= 15 is 0 Å². The summed E-state index contributed by atoms with van der Waals surface area (Å²) in [7, 11) is 0. The van der Waals surface area contributed by atoms with Crippen molar-refractivity contribution in [2.45, 2.75) is 6.92 Å². The first kappa shape index (κ1) is 17.0. The molecule has 0 N–H and O–H groups in total. The Hall–Kier alpha value is -3.81. The van der Waals surface area contributed by atoms with Crippen molar-refractivity contribution in [3.63, 3.8) is 0 Å². The molecule has 8 nitrogen and oxygen atoms in total. The minimum atomic E-state index is -0.623. The summed E-state index contributed by atoms with van der Waals surface area (Å²) in [5.41, 5.74) is 1.16. The van der Waals surface area contributed by atoms with Gasteiger partial charge in [0.15, 0.2) is 5.70 Å². The second kappa shape index (κ2) is 6.98. The number of hydrogen-bond donors (Lipinski definition) is 0. The van der Waals surface area contributed by atoms with Crippen LogP contribution in [-0.2, 0) is 14.3 Å². The molecule has 0 unspecified atom stereocenters. The van der Waals surface area contributed by atoms with Gasteiger partial charge in [0.05, 0.1) is 4.92 Å². The van der Waals surface area contributed by atoms with Crippen LogP contribution in [0.3, 0.4) is 0 Å². The van der Waals surface area contributed by atoms with E-state index in [-0.39, 0.29) is 17.3 Å². The standard InChI is InChI=1S/C18H12N2O6/c1-11(21)25-15-8-4-13(5-9-15)17-19-16(18(22)26-17)10-12-2-6-14(7-3-12)20(23)24/h2-10H,1H3. The van der Waals surface area contributed by atoms with Crippen LogP contribution in [0.4, 0.5) is 5.69 Å². The number of cyclic esters (lactones) is 1. The van der Waals surface area contributed by atoms with Gasteiger partial charge in [-0.1, -0.05) is 0 Å². The fraction of sp³-hybridized carbons (Fsp3) is 0.0556. The molecule has 3 rings (SSSR count). The van der Waals surface area contributed by atoms with Crippen molar-refractivity contribution in [3.05, 3.63) is 75.5 Å². The number of benzene rings is 2. The first-order chi connectivity index (χ1) is 12.4. The molecule has 0 amide bonds. The summed E-state index contributed by atoms with van der Waals surface area (Å²) in [4.78, 5) is 37.2. The highest BCUT2D eigenvalue weighted by Gasteiger charge is 2.24. The van der Waals surface area contributed by atoms with E-state index in [4.69, 9.17) is 9.47 Å². The molecule has 26 heavy (non-hydrogen) atoms. The Bertz CT molecular complexity index is 943. The van der Waals surface area contributed by atoms with E-state index in [0.29, 0.717) is 16.9 Å². The molecule has 1 heterocycles. The first-order valence-corrected chi connectivity index (χ1v) is 7.48. The number of esters is 2. The molecule has 0 spiro atoms. The lowest BCUT2D eigenvalue weighted by molar-refractivity contribution is -0.384. The van der Waals surface area contributed by atoms with E-state index in [1.165, 1.54) is 37.3 Å². The Morgan fingerprint density at radius 3 is 2.38 bits per heavy atom. The van der Waals surface area contributed by atoms with Gasteiger partial charge in [-0.3, -0.25) is 14.9 Å². The van der Waals surface area contributed by atoms with Crippen LogP contribution in [-0.4, -0.2) is 22.8 Å². The van der Waals surface area contributed by atoms with E-state index in [2.05, 4.69) is 4.99 Å². The molecule has 8 heteroatoms. The number of nitro benzene ring substituents is 1. The highest BCUT2D eigenvalue weighted by atomic mass is 16.6. The second-order valence-electron chi connectivity index (χ2n) is 5.30. The monoisotopic (exact) mass is 352 g/mol. The second-order valence-corrected chi connectivity index (χ2v) is 5.30. The summed E-state index contributed by atoms with van der Waals surface area (Å²) >= 11 is 0. The van der Waals surface area contributed by atoms with Gasteiger partial charge in [0.25, 0.3) is 5.69 Å². The quantitative estimate of drug-likeness (QED) is 0.275. The Labute approximate surface area is 147 Å². The van der Waals surface area contributed by atoms with Gasteiger partial charge in [-0.25, -0.2) is 9.79 Å². The molecular weight excluding hydrogens is 340 g/mol. The first-order valence-electron chi connectivity index (χ1n) is 7.48. The van der Waals surface area contributed by atoms with Crippen LogP contribution in [0.15, 0.2) is 59.2 Å². The largest absolute Gasteiger partial charge is 0.427 e. The molecule has 2 aromatic carbocycles. The van der Waals surface area contributed by atoms with Gasteiger partial charge in [-0.2, -0.15) is 0 Å². The van der Waals surface area contributed by atoms with Crippen molar-refractivity contribution < 1.29 is 24.0 Å². The molecule has 0 radical (unpaired) electrons. The van der Waals surface area contributed by atoms with E-state index in [1.807, 2.05) is 0 Å². The average Bonchev–Trinajstić information content (AvgIpc) is 2.96. The summed E-state index contributed by atoms with van der Waals surface area (Å²) in [6, 6.07) is 12.0. The molecule has 0 bridgehead atoms. The zero-order valence-electron chi connectivity index (χ0n) is 13.5. The summed E-state index contributed by atoms with van der Waals surface area (Å²) < 4.78 is 10.1. The highest BCUT2D eigenvalue weighted by molar-refractivity contribution is 6.12. The SMILES string of the molecule is CC(=O)Oc1ccc(C2=NC(=Cc3ccc([N+](=O)[O-])cc3)C(=O)O2)cc1. The van der Waals surface area contributed by atoms with Gasteiger partial charge >= 0.3 is 11.9 Å². The van der Waals surface area contributed by atoms with Crippen molar-refractivity contribution in [1.82, 2.24) is 0 Å². The van der Waals surface area contributed by atoms with Gasteiger partial charge in [0.1, 0.15) is 5.75 Å². The predicted molar refractivity (Wildman–Crippen MR) is 91.5 cm³/mol. The molecule has 0 fully saturated rings. The van der Waals surface area contributed by atoms with Crippen LogP contribution in [0.5, 0.6) is 5.75 Å². The van der Waals surface area contributed by atoms with Crippen LogP contribution < -0.4 is 4.74 Å². The number of aliphatic imine (C=N–C) groups is 1. The number of carbonyl (C=O) groups excluding carboxylic acids is 2. The van der Waals surface area contributed by atoms with Crippen molar-refractivity contribution in [1.29, 1.82) is 0 Å². The number of carbonyl (C=O) groups is 2. The van der Waals surface area contributed by atoms with Crippen LogP contribution in [0.1, 0.15) is 18.1 Å². The Kier molecular flexibility index (Phi) is 4.57. The number of hydrogen-bond acceptors (Lipinski definition) is 7. The van der Waals surface area contributed by atoms with Crippen LogP contribution >= 0.6 is 0 Å². The maximum Gasteiger partial charge on any atom is 0.363 e. The lowest BCUT2D eigenvalue weighted by Gasteiger charge is -2.02. The topological polar surface area (TPSA) is 108 Å². The van der Waals surface area contributed by atoms with Crippen LogP contribution in [0, 0.1) is 10.1 Å². The zero-order valence-corrected chi connectivity index (χ0v) is 13.5. The van der Waals surface area contributed by atoms with Gasteiger partial charge in [0, 0.05) is 24.6 Å². The van der Waals surface area contributed by atoms with E-state index in [0.717, 1.165) is 0 Å². The molecule has 130 valence electrons. The Morgan fingerprint density at radius 1 is 1.15 bits per heavy atom.